The Morgan fingerprint density at radius 2 is 2.07 bits per heavy atom. The minimum atomic E-state index is -0.259. The van der Waals surface area contributed by atoms with Gasteiger partial charge in [0.05, 0.1) is 6.07 Å². The molecule has 1 aromatic carbocycles. The van der Waals surface area contributed by atoms with Gasteiger partial charge in [-0.1, -0.05) is 11.6 Å². The monoisotopic (exact) mass is 211 g/mol. The van der Waals surface area contributed by atoms with E-state index in [1.165, 1.54) is 0 Å². The number of hydrogen-bond donors (Lipinski definition) is 0. The van der Waals surface area contributed by atoms with E-state index in [2.05, 4.69) is 0 Å². The van der Waals surface area contributed by atoms with Gasteiger partial charge in [-0.15, -0.1) is 0 Å². The predicted molar refractivity (Wildman–Crippen MR) is 54.8 cm³/mol. The predicted octanol–water partition coefficient (Wildman–Crippen LogP) is 3.55. The Bertz CT molecular complexity index is 393. The fourth-order valence-corrected chi connectivity index (χ4v) is 1.56. The molecular weight excluding hydrogens is 201 g/mol. The lowest BCUT2D eigenvalue weighted by atomic mass is 10.0. The fourth-order valence-electron chi connectivity index (χ4n) is 1.35. The summed E-state index contributed by atoms with van der Waals surface area (Å²) in [6.07, 6.45) is 0.943. The van der Waals surface area contributed by atoms with Crippen LogP contribution >= 0.6 is 11.6 Å². The van der Waals surface area contributed by atoms with Crippen molar-refractivity contribution in [3.05, 3.63) is 33.6 Å². The number of hydrogen-bond acceptors (Lipinski definition) is 1. The van der Waals surface area contributed by atoms with E-state index < -0.39 is 0 Å². The largest absolute Gasteiger partial charge is 0.206 e. The van der Waals surface area contributed by atoms with E-state index in [-0.39, 0.29) is 5.82 Å². The number of nitrogens with zero attached hydrogens (tertiary/aromatic N) is 1. The van der Waals surface area contributed by atoms with Crippen LogP contribution < -0.4 is 0 Å². The Labute approximate surface area is 88.1 Å². The maximum absolute atomic E-state index is 13.5. The van der Waals surface area contributed by atoms with Crippen LogP contribution in [0.3, 0.4) is 0 Å². The molecule has 0 N–H and O–H groups in total. The van der Waals surface area contributed by atoms with Crippen molar-refractivity contribution < 1.29 is 4.39 Å². The Kier molecular flexibility index (Phi) is 3.49. The van der Waals surface area contributed by atoms with Gasteiger partial charge in [0.2, 0.25) is 0 Å². The van der Waals surface area contributed by atoms with Crippen molar-refractivity contribution in [3.63, 3.8) is 0 Å². The normalized spacial score (nSPS) is 9.93. The summed E-state index contributed by atoms with van der Waals surface area (Å²) in [5, 5.41) is 8.87. The van der Waals surface area contributed by atoms with E-state index >= 15 is 0 Å². The summed E-state index contributed by atoms with van der Waals surface area (Å²) in [4.78, 5) is 0. The van der Waals surface area contributed by atoms with Gasteiger partial charge in [0.1, 0.15) is 5.82 Å². The molecule has 0 atom stereocenters. The first-order valence-corrected chi connectivity index (χ1v) is 4.76. The summed E-state index contributed by atoms with van der Waals surface area (Å²) in [6, 6.07) is 3.77. The quantitative estimate of drug-likeness (QED) is 0.734. The standard InChI is InChI=1S/C11H11ClFN/c1-7-9(4-3-5-14)6-10(12)8(2)11(7)13/h6H,3-4H2,1-2H3. The lowest BCUT2D eigenvalue weighted by Gasteiger charge is -2.09. The third-order valence-electron chi connectivity index (χ3n) is 2.31. The lowest BCUT2D eigenvalue weighted by Crippen LogP contribution is -1.96. The topological polar surface area (TPSA) is 23.8 Å². The van der Waals surface area contributed by atoms with Crippen molar-refractivity contribution in [2.24, 2.45) is 0 Å². The van der Waals surface area contributed by atoms with Crippen molar-refractivity contribution in [3.8, 4) is 6.07 Å². The molecule has 0 spiro atoms. The molecule has 0 aromatic heterocycles. The van der Waals surface area contributed by atoms with Crippen LogP contribution in [0, 0.1) is 31.0 Å². The number of halogens is 2. The van der Waals surface area contributed by atoms with E-state index in [0.29, 0.717) is 29.0 Å². The van der Waals surface area contributed by atoms with Crippen molar-refractivity contribution >= 4 is 11.6 Å². The lowest BCUT2D eigenvalue weighted by molar-refractivity contribution is 0.606. The summed E-state index contributed by atoms with van der Waals surface area (Å²) in [6.45, 7) is 3.37. The van der Waals surface area contributed by atoms with E-state index in [0.717, 1.165) is 5.56 Å². The minimum absolute atomic E-state index is 0.259. The van der Waals surface area contributed by atoms with Crippen LogP contribution in [-0.2, 0) is 6.42 Å². The first-order valence-electron chi connectivity index (χ1n) is 4.39. The molecule has 0 aliphatic heterocycles. The van der Waals surface area contributed by atoms with E-state index in [1.54, 1.807) is 19.9 Å². The van der Waals surface area contributed by atoms with Gasteiger partial charge < -0.3 is 0 Å². The van der Waals surface area contributed by atoms with Gasteiger partial charge in [-0.05, 0) is 37.5 Å². The summed E-state index contributed by atoms with van der Waals surface area (Å²) < 4.78 is 13.5. The van der Waals surface area contributed by atoms with Crippen molar-refractivity contribution in [2.45, 2.75) is 26.7 Å². The SMILES string of the molecule is Cc1c(Cl)cc(CCC#N)c(C)c1F. The van der Waals surface area contributed by atoms with Crippen LogP contribution in [0.15, 0.2) is 6.07 Å². The van der Waals surface area contributed by atoms with Crippen LogP contribution in [0.5, 0.6) is 0 Å². The molecular formula is C11H11ClFN. The highest BCUT2D eigenvalue weighted by Gasteiger charge is 2.10. The third kappa shape index (κ3) is 2.05. The highest BCUT2D eigenvalue weighted by Crippen LogP contribution is 2.25. The molecule has 3 heteroatoms. The molecule has 0 saturated heterocycles. The van der Waals surface area contributed by atoms with E-state index in [9.17, 15) is 4.39 Å². The maximum Gasteiger partial charge on any atom is 0.130 e. The molecule has 0 aliphatic carbocycles. The molecule has 0 fully saturated rings. The fraction of sp³-hybridized carbons (Fsp3) is 0.364. The second-order valence-corrected chi connectivity index (χ2v) is 3.65. The first kappa shape index (κ1) is 11.0. The van der Waals surface area contributed by atoms with Gasteiger partial charge in [0.25, 0.3) is 0 Å². The Hall–Kier alpha value is -1.07. The zero-order valence-electron chi connectivity index (χ0n) is 8.19. The average molecular weight is 212 g/mol. The molecule has 0 bridgehead atoms. The zero-order chi connectivity index (χ0) is 10.7. The second-order valence-electron chi connectivity index (χ2n) is 3.24. The van der Waals surface area contributed by atoms with Crippen LogP contribution in [-0.4, -0.2) is 0 Å². The van der Waals surface area contributed by atoms with Crippen LogP contribution in [0.1, 0.15) is 23.1 Å². The smallest absolute Gasteiger partial charge is 0.130 e. The molecule has 1 rings (SSSR count). The molecule has 14 heavy (non-hydrogen) atoms. The highest BCUT2D eigenvalue weighted by molar-refractivity contribution is 6.31. The molecule has 0 heterocycles. The van der Waals surface area contributed by atoms with Crippen LogP contribution in [0.4, 0.5) is 4.39 Å². The molecule has 0 aliphatic rings. The summed E-state index contributed by atoms with van der Waals surface area (Å²) in [5.74, 6) is -0.259. The number of benzene rings is 1. The maximum atomic E-state index is 13.5. The van der Waals surface area contributed by atoms with Gasteiger partial charge in [0, 0.05) is 17.0 Å². The minimum Gasteiger partial charge on any atom is -0.206 e. The molecule has 0 amide bonds. The molecule has 1 nitrogen and oxygen atoms in total. The number of aryl methyl sites for hydroxylation is 1. The molecule has 0 unspecified atom stereocenters. The van der Waals surface area contributed by atoms with E-state index in [4.69, 9.17) is 16.9 Å². The number of rotatable bonds is 2. The van der Waals surface area contributed by atoms with Crippen LogP contribution in [0.25, 0.3) is 0 Å². The van der Waals surface area contributed by atoms with Crippen molar-refractivity contribution in [2.75, 3.05) is 0 Å². The summed E-state index contributed by atoms with van der Waals surface area (Å²) >= 11 is 5.85. The van der Waals surface area contributed by atoms with E-state index in [1.807, 2.05) is 6.07 Å². The zero-order valence-corrected chi connectivity index (χ0v) is 8.95. The molecule has 0 radical (unpaired) electrons. The van der Waals surface area contributed by atoms with Crippen LogP contribution in [0.2, 0.25) is 5.02 Å². The molecule has 74 valence electrons. The van der Waals surface area contributed by atoms with Crippen molar-refractivity contribution in [1.29, 1.82) is 5.26 Å². The second kappa shape index (κ2) is 4.43. The Morgan fingerprint density at radius 1 is 1.43 bits per heavy atom. The average Bonchev–Trinajstić information content (AvgIpc) is 2.18. The van der Waals surface area contributed by atoms with Gasteiger partial charge in [0.15, 0.2) is 0 Å². The summed E-state index contributed by atoms with van der Waals surface area (Å²) in [5.41, 5.74) is 1.90. The van der Waals surface area contributed by atoms with Gasteiger partial charge in [-0.25, -0.2) is 4.39 Å². The van der Waals surface area contributed by atoms with Gasteiger partial charge in [-0.2, -0.15) is 5.26 Å². The van der Waals surface area contributed by atoms with Crippen molar-refractivity contribution in [1.82, 2.24) is 0 Å². The number of nitriles is 1. The third-order valence-corrected chi connectivity index (χ3v) is 2.70. The first-order chi connectivity index (χ1) is 6.57. The van der Waals surface area contributed by atoms with Gasteiger partial charge in [-0.3, -0.25) is 0 Å². The molecule has 1 aromatic rings. The molecule has 0 saturated carbocycles. The van der Waals surface area contributed by atoms with Gasteiger partial charge >= 0.3 is 0 Å². The Morgan fingerprint density at radius 3 is 2.64 bits per heavy atom. The Balaban J connectivity index is 3.14. The summed E-state index contributed by atoms with van der Waals surface area (Å²) in [7, 11) is 0. The highest BCUT2D eigenvalue weighted by atomic mass is 35.5.